The van der Waals surface area contributed by atoms with E-state index in [1.165, 1.54) is 0 Å². The van der Waals surface area contributed by atoms with E-state index in [0.29, 0.717) is 31.2 Å². The molecule has 0 unspecified atom stereocenters. The fourth-order valence-corrected chi connectivity index (χ4v) is 3.10. The molecule has 8 heteroatoms. The zero-order valence-corrected chi connectivity index (χ0v) is 13.5. The maximum absolute atomic E-state index is 11.3. The Bertz CT molecular complexity index is 517. The van der Waals surface area contributed by atoms with E-state index in [2.05, 4.69) is 15.7 Å². The maximum Gasteiger partial charge on any atom is 0.333 e. The fraction of sp³-hybridized carbons (Fsp3) is 0.786. The Balaban J connectivity index is 2.20. The number of nitrogens with zero attached hydrogens (tertiary/aromatic N) is 3. The van der Waals surface area contributed by atoms with Crippen LogP contribution in [0.4, 0.5) is 11.5 Å². The minimum absolute atomic E-state index is 0.00458. The summed E-state index contributed by atoms with van der Waals surface area (Å²) in [6.45, 7) is 7.37. The van der Waals surface area contributed by atoms with Crippen LogP contribution in [-0.2, 0) is 11.3 Å². The summed E-state index contributed by atoms with van der Waals surface area (Å²) in [6.07, 6.45) is 1.97. The van der Waals surface area contributed by atoms with Gasteiger partial charge in [-0.15, -0.1) is 0 Å². The molecule has 0 aliphatic carbocycles. The van der Waals surface area contributed by atoms with Crippen LogP contribution in [0.3, 0.4) is 0 Å². The number of nitro groups is 1. The number of ether oxygens (including phenoxy) is 1. The van der Waals surface area contributed by atoms with E-state index < -0.39 is 0 Å². The predicted octanol–water partition coefficient (Wildman–Crippen LogP) is 1.55. The van der Waals surface area contributed by atoms with Crippen LogP contribution in [0.2, 0.25) is 0 Å². The van der Waals surface area contributed by atoms with Gasteiger partial charge in [0.1, 0.15) is 5.69 Å². The van der Waals surface area contributed by atoms with Crippen molar-refractivity contribution in [2.24, 2.45) is 5.41 Å². The smallest absolute Gasteiger partial charge is 0.333 e. The first-order valence-corrected chi connectivity index (χ1v) is 7.68. The Kier molecular flexibility index (Phi) is 5.36. The number of methoxy groups -OCH3 is 1. The summed E-state index contributed by atoms with van der Waals surface area (Å²) in [4.78, 5) is 10.9. The summed E-state index contributed by atoms with van der Waals surface area (Å²) < 4.78 is 7.05. The van der Waals surface area contributed by atoms with Crippen molar-refractivity contribution in [3.8, 4) is 0 Å². The molecule has 0 saturated carbocycles. The van der Waals surface area contributed by atoms with Crippen molar-refractivity contribution in [3.63, 3.8) is 0 Å². The number of aromatic nitrogens is 2. The number of hydrogen-bond acceptors (Lipinski definition) is 6. The summed E-state index contributed by atoms with van der Waals surface area (Å²) in [5, 5.41) is 22.2. The minimum atomic E-state index is -0.359. The van der Waals surface area contributed by atoms with Gasteiger partial charge in [-0.2, -0.15) is 5.10 Å². The van der Waals surface area contributed by atoms with E-state index in [1.807, 2.05) is 6.92 Å². The molecule has 1 aliphatic rings. The number of nitrogens with one attached hydrogen (secondary N) is 2. The van der Waals surface area contributed by atoms with Crippen molar-refractivity contribution >= 4 is 11.5 Å². The first kappa shape index (κ1) is 16.7. The second-order valence-corrected chi connectivity index (χ2v) is 5.89. The number of aryl methyl sites for hydroxylation is 2. The molecule has 1 saturated heterocycles. The monoisotopic (exact) mass is 311 g/mol. The quantitative estimate of drug-likeness (QED) is 0.586. The van der Waals surface area contributed by atoms with Gasteiger partial charge in [0.2, 0.25) is 5.82 Å². The van der Waals surface area contributed by atoms with Gasteiger partial charge in [-0.3, -0.25) is 10.1 Å². The lowest BCUT2D eigenvalue weighted by Gasteiger charge is -2.37. The highest BCUT2D eigenvalue weighted by molar-refractivity contribution is 5.59. The summed E-state index contributed by atoms with van der Waals surface area (Å²) in [7, 11) is 1.70. The SMILES string of the molecule is CCn1nc(C)c([N+](=O)[O-])c1NCC1(COC)CCNCC1. The molecule has 0 atom stereocenters. The van der Waals surface area contributed by atoms with E-state index >= 15 is 0 Å². The molecule has 0 bridgehead atoms. The molecule has 0 spiro atoms. The van der Waals surface area contributed by atoms with Crippen molar-refractivity contribution in [3.05, 3.63) is 15.8 Å². The molecule has 1 aromatic heterocycles. The largest absolute Gasteiger partial charge is 0.384 e. The Labute approximate surface area is 130 Å². The first-order valence-electron chi connectivity index (χ1n) is 7.68. The van der Waals surface area contributed by atoms with Gasteiger partial charge in [-0.25, -0.2) is 4.68 Å². The van der Waals surface area contributed by atoms with Crippen LogP contribution >= 0.6 is 0 Å². The number of rotatable bonds is 7. The molecule has 1 aromatic rings. The molecule has 8 nitrogen and oxygen atoms in total. The van der Waals surface area contributed by atoms with Gasteiger partial charge in [-0.1, -0.05) is 0 Å². The summed E-state index contributed by atoms with van der Waals surface area (Å²) in [5.74, 6) is 0.499. The molecule has 0 radical (unpaired) electrons. The zero-order valence-electron chi connectivity index (χ0n) is 13.5. The molecule has 2 N–H and O–H groups in total. The van der Waals surface area contributed by atoms with E-state index in [0.717, 1.165) is 25.9 Å². The second kappa shape index (κ2) is 7.06. The number of hydrogen-bond donors (Lipinski definition) is 2. The van der Waals surface area contributed by atoms with Crippen molar-refractivity contribution in [1.82, 2.24) is 15.1 Å². The van der Waals surface area contributed by atoms with Crippen molar-refractivity contribution < 1.29 is 9.66 Å². The van der Waals surface area contributed by atoms with Crippen LogP contribution in [0.25, 0.3) is 0 Å². The first-order chi connectivity index (χ1) is 10.5. The zero-order chi connectivity index (χ0) is 16.2. The highest BCUT2D eigenvalue weighted by atomic mass is 16.6. The molecular weight excluding hydrogens is 286 g/mol. The van der Waals surface area contributed by atoms with Gasteiger partial charge in [0.05, 0.1) is 11.5 Å². The van der Waals surface area contributed by atoms with Crippen LogP contribution in [0.1, 0.15) is 25.5 Å². The van der Waals surface area contributed by atoms with Gasteiger partial charge in [0, 0.05) is 25.6 Å². The third-order valence-electron chi connectivity index (χ3n) is 4.32. The van der Waals surface area contributed by atoms with Crippen LogP contribution < -0.4 is 10.6 Å². The predicted molar refractivity (Wildman–Crippen MR) is 84.2 cm³/mol. The average Bonchev–Trinajstić information content (AvgIpc) is 2.82. The van der Waals surface area contributed by atoms with Crippen molar-refractivity contribution in [1.29, 1.82) is 0 Å². The molecule has 1 aliphatic heterocycles. The molecule has 0 amide bonds. The maximum atomic E-state index is 11.3. The highest BCUT2D eigenvalue weighted by Gasteiger charge is 2.34. The average molecular weight is 311 g/mol. The lowest BCUT2D eigenvalue weighted by atomic mass is 9.79. The van der Waals surface area contributed by atoms with E-state index in [1.54, 1.807) is 18.7 Å². The lowest BCUT2D eigenvalue weighted by molar-refractivity contribution is -0.384. The number of anilines is 1. The van der Waals surface area contributed by atoms with Gasteiger partial charge < -0.3 is 15.4 Å². The van der Waals surface area contributed by atoms with Crippen molar-refractivity contribution in [2.45, 2.75) is 33.2 Å². The van der Waals surface area contributed by atoms with Gasteiger partial charge in [0.25, 0.3) is 0 Å². The summed E-state index contributed by atoms with van der Waals surface area (Å²) >= 11 is 0. The van der Waals surface area contributed by atoms with Crippen LogP contribution in [0.15, 0.2) is 0 Å². The normalized spacial score (nSPS) is 17.4. The second-order valence-electron chi connectivity index (χ2n) is 5.89. The van der Waals surface area contributed by atoms with Crippen LogP contribution in [-0.4, -0.2) is 48.1 Å². The van der Waals surface area contributed by atoms with Crippen molar-refractivity contribution in [2.75, 3.05) is 38.7 Å². The molecule has 22 heavy (non-hydrogen) atoms. The topological polar surface area (TPSA) is 94.2 Å². The molecule has 2 rings (SSSR count). The highest BCUT2D eigenvalue weighted by Crippen LogP contribution is 2.33. The third-order valence-corrected chi connectivity index (χ3v) is 4.32. The van der Waals surface area contributed by atoms with Crippen LogP contribution in [0.5, 0.6) is 0 Å². The third kappa shape index (κ3) is 3.38. The minimum Gasteiger partial charge on any atom is -0.384 e. The molecule has 1 fully saturated rings. The van der Waals surface area contributed by atoms with E-state index in [4.69, 9.17) is 4.74 Å². The Morgan fingerprint density at radius 1 is 1.50 bits per heavy atom. The Morgan fingerprint density at radius 3 is 2.73 bits per heavy atom. The molecule has 124 valence electrons. The number of piperidine rings is 1. The van der Waals surface area contributed by atoms with Gasteiger partial charge >= 0.3 is 5.69 Å². The molecular formula is C14H25N5O3. The fourth-order valence-electron chi connectivity index (χ4n) is 3.10. The molecule has 2 heterocycles. The van der Waals surface area contributed by atoms with E-state index in [-0.39, 0.29) is 16.0 Å². The van der Waals surface area contributed by atoms with Gasteiger partial charge in [0.15, 0.2) is 0 Å². The van der Waals surface area contributed by atoms with Gasteiger partial charge in [-0.05, 0) is 39.8 Å². The Morgan fingerprint density at radius 2 is 2.18 bits per heavy atom. The van der Waals surface area contributed by atoms with Crippen LogP contribution in [0, 0.1) is 22.5 Å². The molecule has 0 aromatic carbocycles. The lowest BCUT2D eigenvalue weighted by Crippen LogP contribution is -2.44. The standard InChI is InChI=1S/C14H25N5O3/c1-4-18-13(12(19(20)21)11(2)17-18)16-9-14(10-22-3)5-7-15-8-6-14/h15-16H,4-10H2,1-3H3. The summed E-state index contributed by atoms with van der Waals surface area (Å²) in [5.41, 5.74) is 0.522. The summed E-state index contributed by atoms with van der Waals surface area (Å²) in [6, 6.07) is 0. The Hall–Kier alpha value is -1.67. The van der Waals surface area contributed by atoms with E-state index in [9.17, 15) is 10.1 Å².